The molecular weight excluding hydrogens is 881 g/mol. The molecule has 1 aromatic heterocycles. The Hall–Kier alpha value is -9.50. The van der Waals surface area contributed by atoms with Crippen molar-refractivity contribution < 1.29 is 0 Å². The highest BCUT2D eigenvalue weighted by atomic mass is 15.1. The lowest BCUT2D eigenvalue weighted by Gasteiger charge is -2.32. The van der Waals surface area contributed by atoms with E-state index in [0.717, 1.165) is 33.9 Å². The molecule has 73 heavy (non-hydrogen) atoms. The molecule has 12 aromatic carbocycles. The van der Waals surface area contributed by atoms with Gasteiger partial charge < -0.3 is 9.47 Å². The van der Waals surface area contributed by atoms with Gasteiger partial charge in [-0.15, -0.1) is 0 Å². The number of nitrogens with zero attached hydrogens (tertiary/aromatic N) is 2. The van der Waals surface area contributed by atoms with Crippen LogP contribution in [0.25, 0.3) is 93.9 Å². The molecule has 0 atom stereocenters. The molecule has 0 fully saturated rings. The van der Waals surface area contributed by atoms with E-state index in [4.69, 9.17) is 0 Å². The molecule has 2 nitrogen and oxygen atoms in total. The monoisotopic (exact) mass is 926 g/mol. The van der Waals surface area contributed by atoms with Gasteiger partial charge in [0.2, 0.25) is 0 Å². The fourth-order valence-electron chi connectivity index (χ4n) is 12.5. The first-order valence-corrected chi connectivity index (χ1v) is 25.3. The summed E-state index contributed by atoms with van der Waals surface area (Å²) >= 11 is 0. The van der Waals surface area contributed by atoms with Crippen molar-refractivity contribution in [2.24, 2.45) is 0 Å². The topological polar surface area (TPSA) is 8.17 Å². The number of aromatic nitrogens is 1. The first-order valence-electron chi connectivity index (χ1n) is 25.3. The van der Waals surface area contributed by atoms with E-state index in [2.05, 4.69) is 289 Å². The van der Waals surface area contributed by atoms with Crippen molar-refractivity contribution in [1.29, 1.82) is 0 Å². The summed E-state index contributed by atoms with van der Waals surface area (Å²) in [7, 11) is 0. The van der Waals surface area contributed by atoms with E-state index in [-0.39, 0.29) is 0 Å². The smallest absolute Gasteiger partial charge is 0.0726 e. The Balaban J connectivity index is 0.871. The van der Waals surface area contributed by atoms with Gasteiger partial charge in [-0.1, -0.05) is 212 Å². The van der Waals surface area contributed by atoms with Crippen LogP contribution in [0.15, 0.2) is 279 Å². The van der Waals surface area contributed by atoms with Crippen molar-refractivity contribution in [2.75, 3.05) is 4.90 Å². The molecule has 340 valence electrons. The molecule has 2 heteroatoms. The summed E-state index contributed by atoms with van der Waals surface area (Å²) in [5.41, 5.74) is 24.0. The van der Waals surface area contributed by atoms with Crippen LogP contribution in [0.5, 0.6) is 0 Å². The van der Waals surface area contributed by atoms with Gasteiger partial charge in [-0.3, -0.25) is 0 Å². The Kier molecular flexibility index (Phi) is 9.21. The van der Waals surface area contributed by atoms with Crippen LogP contribution in [0, 0.1) is 0 Å². The van der Waals surface area contributed by atoms with Crippen LogP contribution >= 0.6 is 0 Å². The van der Waals surface area contributed by atoms with E-state index >= 15 is 0 Å². The third-order valence-corrected chi connectivity index (χ3v) is 15.8. The first-order chi connectivity index (χ1) is 36.2. The fraction of sp³-hybridized carbons (Fsp3) is 0.0141. The van der Waals surface area contributed by atoms with Gasteiger partial charge in [0.05, 0.1) is 16.4 Å². The van der Waals surface area contributed by atoms with Crippen LogP contribution < -0.4 is 4.90 Å². The van der Waals surface area contributed by atoms with Gasteiger partial charge in [0.25, 0.3) is 0 Å². The van der Waals surface area contributed by atoms with Crippen LogP contribution in [0.3, 0.4) is 0 Å². The molecule has 0 aliphatic heterocycles. The molecule has 0 amide bonds. The summed E-state index contributed by atoms with van der Waals surface area (Å²) in [5.74, 6) is 0. The normalized spacial score (nSPS) is 12.8. The Morgan fingerprint density at radius 2 is 0.767 bits per heavy atom. The van der Waals surface area contributed by atoms with E-state index in [9.17, 15) is 0 Å². The lowest BCUT2D eigenvalue weighted by Crippen LogP contribution is -2.26. The van der Waals surface area contributed by atoms with Gasteiger partial charge in [0, 0.05) is 33.5 Å². The summed E-state index contributed by atoms with van der Waals surface area (Å²) in [6, 6.07) is 103. The average molecular weight is 927 g/mol. The number of hydrogen-bond acceptors (Lipinski definition) is 1. The van der Waals surface area contributed by atoms with E-state index < -0.39 is 5.41 Å². The van der Waals surface area contributed by atoms with Gasteiger partial charge >= 0.3 is 0 Å². The highest BCUT2D eigenvalue weighted by Crippen LogP contribution is 2.63. The van der Waals surface area contributed by atoms with Crippen molar-refractivity contribution in [1.82, 2.24) is 4.57 Å². The maximum atomic E-state index is 2.49. The number of benzene rings is 12. The van der Waals surface area contributed by atoms with Crippen LogP contribution in [-0.4, -0.2) is 4.57 Å². The molecule has 2 aliphatic rings. The molecule has 2 aliphatic carbocycles. The van der Waals surface area contributed by atoms with Crippen molar-refractivity contribution in [3.63, 3.8) is 0 Å². The Labute approximate surface area is 425 Å². The minimum absolute atomic E-state index is 0.451. The van der Waals surface area contributed by atoms with Crippen LogP contribution in [0.4, 0.5) is 17.1 Å². The van der Waals surface area contributed by atoms with Crippen molar-refractivity contribution in [2.45, 2.75) is 5.41 Å². The summed E-state index contributed by atoms with van der Waals surface area (Å²) in [6.07, 6.45) is 0. The predicted molar refractivity (Wildman–Crippen MR) is 306 cm³/mol. The molecule has 1 heterocycles. The third kappa shape index (κ3) is 6.30. The van der Waals surface area contributed by atoms with Gasteiger partial charge in [-0.25, -0.2) is 0 Å². The zero-order valence-electron chi connectivity index (χ0n) is 40.0. The average Bonchev–Trinajstić information content (AvgIpc) is 4.07. The molecular formula is C71H46N2. The SMILES string of the molecule is c1ccc(-c2ccc(N(c3cccc(-c4cccc(-c5ccc6c7ccccc7n(-c7ccc8ccccc8c7)c6c5)c4)c3)c3ccc4c(c3)C3(c5ccccc5-c5ccccc53)c3ccccc3-4)cc2)cc1. The molecule has 13 aromatic rings. The molecule has 0 saturated carbocycles. The highest BCUT2D eigenvalue weighted by molar-refractivity contribution is 6.10. The second-order valence-corrected chi connectivity index (χ2v) is 19.6. The maximum absolute atomic E-state index is 2.49. The minimum atomic E-state index is -0.451. The molecule has 1 spiro atoms. The standard InChI is InChI=1S/C71H46N2/c1-2-16-47(17-3-1)49-32-36-55(37-33-49)72(58-39-41-62-61-26-8-12-30-67(61)71(68(62)46-58)65-28-10-6-24-59(65)60-25-7-11-29-66(60)71)56-23-15-22-53(44-56)50-20-14-21-51(42-50)54-35-40-64-63-27-9-13-31-69(63)73(70(64)45-54)57-38-34-48-18-4-5-19-52(48)43-57/h1-46H. The van der Waals surface area contributed by atoms with Crippen molar-refractivity contribution in [3.05, 3.63) is 301 Å². The predicted octanol–water partition coefficient (Wildman–Crippen LogP) is 18.8. The molecule has 15 rings (SSSR count). The summed E-state index contributed by atoms with van der Waals surface area (Å²) in [5, 5.41) is 4.97. The van der Waals surface area contributed by atoms with Gasteiger partial charge in [0.15, 0.2) is 0 Å². The quantitative estimate of drug-likeness (QED) is 0.155. The molecule has 0 unspecified atom stereocenters. The molecule has 0 saturated heterocycles. The second-order valence-electron chi connectivity index (χ2n) is 19.6. The summed E-state index contributed by atoms with van der Waals surface area (Å²) < 4.78 is 2.43. The number of para-hydroxylation sites is 1. The fourth-order valence-corrected chi connectivity index (χ4v) is 12.5. The van der Waals surface area contributed by atoms with Crippen LogP contribution in [-0.2, 0) is 5.41 Å². The highest BCUT2D eigenvalue weighted by Gasteiger charge is 2.51. The second kappa shape index (κ2) is 16.3. The van der Waals surface area contributed by atoms with E-state index in [1.807, 2.05) is 0 Å². The van der Waals surface area contributed by atoms with Crippen molar-refractivity contribution in [3.8, 4) is 61.3 Å². The Morgan fingerprint density at radius 1 is 0.260 bits per heavy atom. The Bertz CT molecular complexity index is 4270. The van der Waals surface area contributed by atoms with E-state index in [1.54, 1.807) is 0 Å². The number of rotatable bonds is 7. The van der Waals surface area contributed by atoms with Crippen molar-refractivity contribution >= 4 is 49.6 Å². The largest absolute Gasteiger partial charge is 0.310 e. The first kappa shape index (κ1) is 41.3. The zero-order chi connectivity index (χ0) is 48.0. The maximum Gasteiger partial charge on any atom is 0.0726 e. The molecule has 0 radical (unpaired) electrons. The summed E-state index contributed by atoms with van der Waals surface area (Å²) in [6.45, 7) is 0. The molecule has 0 bridgehead atoms. The lowest BCUT2D eigenvalue weighted by atomic mass is 9.70. The van der Waals surface area contributed by atoms with Crippen LogP contribution in [0.2, 0.25) is 0 Å². The van der Waals surface area contributed by atoms with Crippen LogP contribution in [0.1, 0.15) is 22.3 Å². The summed E-state index contributed by atoms with van der Waals surface area (Å²) in [4.78, 5) is 2.45. The van der Waals surface area contributed by atoms with E-state index in [0.29, 0.717) is 0 Å². The van der Waals surface area contributed by atoms with Gasteiger partial charge in [-0.05, 0) is 155 Å². The van der Waals surface area contributed by atoms with Gasteiger partial charge in [0.1, 0.15) is 0 Å². The van der Waals surface area contributed by atoms with Gasteiger partial charge in [-0.2, -0.15) is 0 Å². The van der Waals surface area contributed by atoms with E-state index in [1.165, 1.54) is 99.3 Å². The number of anilines is 3. The molecule has 0 N–H and O–H groups in total. The lowest BCUT2D eigenvalue weighted by molar-refractivity contribution is 0.793. The number of hydrogen-bond donors (Lipinski definition) is 0. The number of fused-ring (bicyclic) bond motifs is 14. The minimum Gasteiger partial charge on any atom is -0.310 e. The third-order valence-electron chi connectivity index (χ3n) is 15.8. The Morgan fingerprint density at radius 3 is 1.49 bits per heavy atom. The zero-order valence-corrected chi connectivity index (χ0v) is 40.0.